The van der Waals surface area contributed by atoms with Crippen LogP contribution < -0.4 is 20.3 Å². The van der Waals surface area contributed by atoms with Gasteiger partial charge in [0.15, 0.2) is 5.69 Å². The molecular formula is C29H37F3N6O3. The van der Waals surface area contributed by atoms with Gasteiger partial charge in [0.25, 0.3) is 5.91 Å². The predicted octanol–water partition coefficient (Wildman–Crippen LogP) is 3.65. The molecule has 3 fully saturated rings. The molecule has 2 saturated heterocycles. The monoisotopic (exact) mass is 574 g/mol. The van der Waals surface area contributed by atoms with Crippen LogP contribution in [0.1, 0.15) is 50.0 Å². The fraction of sp³-hybridized carbons (Fsp3) is 0.586. The minimum Gasteiger partial charge on any atom is -0.477 e. The Morgan fingerprint density at radius 3 is 2.66 bits per heavy atom. The van der Waals surface area contributed by atoms with E-state index >= 15 is 0 Å². The molecule has 0 unspecified atom stereocenters. The summed E-state index contributed by atoms with van der Waals surface area (Å²) in [6.45, 7) is 7.03. The standard InChI is InChI=1S/C29H37F3N6O3/c1-3-21-17-37(28(40)18-14-19(15-18)29(30,31)32)12-13-38(21)24-8-7-23(22-6-5-10-34-27(22)41-4-2)36-25(24)26(39)35-20-9-11-33-16-20/h5-8,10,18-21,33H,3-4,9,11-17H2,1-2H3,(H,35,39)/t18?,19?,20-,21-/m1/s1. The number of halogens is 3. The van der Waals surface area contributed by atoms with E-state index in [0.717, 1.165) is 13.0 Å². The Labute approximate surface area is 237 Å². The van der Waals surface area contributed by atoms with Crippen molar-refractivity contribution >= 4 is 17.5 Å². The lowest BCUT2D eigenvalue weighted by molar-refractivity contribution is -0.206. The molecule has 0 radical (unpaired) electrons. The van der Waals surface area contributed by atoms with Crippen molar-refractivity contribution in [1.29, 1.82) is 0 Å². The summed E-state index contributed by atoms with van der Waals surface area (Å²) in [6.07, 6.45) is -1.36. The number of carbonyl (C=O) groups excluding carboxylic acids is 2. The number of rotatable bonds is 8. The number of aromatic nitrogens is 2. The number of carbonyl (C=O) groups is 2. The SMILES string of the molecule is CCOc1ncccc1-c1ccc(N2CCN(C(=O)C3CC(C(F)(F)F)C3)C[C@H]2CC)c(C(=O)N[C@@H]2CCNC2)n1. The van der Waals surface area contributed by atoms with E-state index < -0.39 is 18.0 Å². The quantitative estimate of drug-likeness (QED) is 0.497. The molecule has 5 rings (SSSR count). The van der Waals surface area contributed by atoms with Crippen molar-refractivity contribution in [1.82, 2.24) is 25.5 Å². The number of hydrogen-bond donors (Lipinski definition) is 2. The Balaban J connectivity index is 1.39. The van der Waals surface area contributed by atoms with E-state index in [1.165, 1.54) is 0 Å². The molecule has 1 aliphatic carbocycles. The average Bonchev–Trinajstić information content (AvgIpc) is 3.44. The molecule has 222 valence electrons. The Morgan fingerprint density at radius 1 is 1.17 bits per heavy atom. The zero-order valence-electron chi connectivity index (χ0n) is 23.4. The highest BCUT2D eigenvalue weighted by Crippen LogP contribution is 2.45. The predicted molar refractivity (Wildman–Crippen MR) is 148 cm³/mol. The van der Waals surface area contributed by atoms with E-state index in [4.69, 9.17) is 9.72 Å². The molecule has 41 heavy (non-hydrogen) atoms. The van der Waals surface area contributed by atoms with Gasteiger partial charge in [-0.05, 0) is 63.4 Å². The zero-order chi connectivity index (χ0) is 29.1. The van der Waals surface area contributed by atoms with Crippen molar-refractivity contribution in [3.63, 3.8) is 0 Å². The Kier molecular flexibility index (Phi) is 8.67. The van der Waals surface area contributed by atoms with Crippen LogP contribution in [0.5, 0.6) is 5.88 Å². The molecule has 1 saturated carbocycles. The lowest BCUT2D eigenvalue weighted by Gasteiger charge is -2.45. The van der Waals surface area contributed by atoms with Gasteiger partial charge in [-0.3, -0.25) is 9.59 Å². The highest BCUT2D eigenvalue weighted by atomic mass is 19.4. The van der Waals surface area contributed by atoms with Crippen molar-refractivity contribution in [3.05, 3.63) is 36.2 Å². The maximum atomic E-state index is 13.6. The largest absolute Gasteiger partial charge is 0.477 e. The first-order valence-corrected chi connectivity index (χ1v) is 14.4. The number of amides is 2. The topological polar surface area (TPSA) is 99.7 Å². The third-order valence-corrected chi connectivity index (χ3v) is 8.34. The fourth-order valence-electron chi connectivity index (χ4n) is 5.94. The first-order valence-electron chi connectivity index (χ1n) is 14.4. The third-order valence-electron chi connectivity index (χ3n) is 8.34. The van der Waals surface area contributed by atoms with Crippen molar-refractivity contribution in [2.24, 2.45) is 11.8 Å². The molecule has 12 heteroatoms. The van der Waals surface area contributed by atoms with Crippen LogP contribution in [0.4, 0.5) is 18.9 Å². The number of nitrogens with one attached hydrogen (secondary N) is 2. The van der Waals surface area contributed by atoms with Crippen LogP contribution in [0.15, 0.2) is 30.5 Å². The van der Waals surface area contributed by atoms with E-state index in [1.807, 2.05) is 32.0 Å². The van der Waals surface area contributed by atoms with E-state index in [2.05, 4.69) is 20.5 Å². The molecule has 4 heterocycles. The van der Waals surface area contributed by atoms with Gasteiger partial charge < -0.3 is 25.2 Å². The normalized spacial score (nSPS) is 24.6. The molecule has 2 N–H and O–H groups in total. The lowest BCUT2D eigenvalue weighted by atomic mass is 9.73. The second-order valence-corrected chi connectivity index (χ2v) is 11.0. The summed E-state index contributed by atoms with van der Waals surface area (Å²) in [5, 5.41) is 6.36. The summed E-state index contributed by atoms with van der Waals surface area (Å²) >= 11 is 0. The smallest absolute Gasteiger partial charge is 0.391 e. The van der Waals surface area contributed by atoms with Gasteiger partial charge in [0, 0.05) is 50.4 Å². The lowest BCUT2D eigenvalue weighted by Crippen LogP contribution is -2.57. The minimum atomic E-state index is -4.24. The Hall–Kier alpha value is -3.41. The van der Waals surface area contributed by atoms with Crippen molar-refractivity contribution < 1.29 is 27.5 Å². The first-order chi connectivity index (χ1) is 19.7. The second kappa shape index (κ2) is 12.2. The molecular weight excluding hydrogens is 537 g/mol. The van der Waals surface area contributed by atoms with E-state index in [0.29, 0.717) is 62.0 Å². The van der Waals surface area contributed by atoms with E-state index in [1.54, 1.807) is 17.2 Å². The van der Waals surface area contributed by atoms with Crippen LogP contribution in [0.25, 0.3) is 11.3 Å². The molecule has 3 aliphatic rings. The van der Waals surface area contributed by atoms with Crippen LogP contribution in [0.2, 0.25) is 0 Å². The van der Waals surface area contributed by atoms with Gasteiger partial charge in [0.1, 0.15) is 0 Å². The molecule has 2 amide bonds. The van der Waals surface area contributed by atoms with Gasteiger partial charge in [-0.25, -0.2) is 9.97 Å². The molecule has 2 aromatic rings. The molecule has 0 bridgehead atoms. The number of hydrogen-bond acceptors (Lipinski definition) is 7. The van der Waals surface area contributed by atoms with Crippen LogP contribution >= 0.6 is 0 Å². The minimum absolute atomic E-state index is 0.00220. The van der Waals surface area contributed by atoms with E-state index in [-0.39, 0.29) is 42.4 Å². The first kappa shape index (κ1) is 29.1. The van der Waals surface area contributed by atoms with Crippen LogP contribution in [0, 0.1) is 11.8 Å². The molecule has 0 aromatic carbocycles. The van der Waals surface area contributed by atoms with Crippen LogP contribution in [0.3, 0.4) is 0 Å². The number of anilines is 1. The van der Waals surface area contributed by atoms with Crippen LogP contribution in [-0.2, 0) is 4.79 Å². The summed E-state index contributed by atoms with van der Waals surface area (Å²) in [4.78, 5) is 39.6. The number of ether oxygens (including phenoxy) is 1. The van der Waals surface area contributed by atoms with Gasteiger partial charge in [0.05, 0.1) is 29.5 Å². The summed E-state index contributed by atoms with van der Waals surface area (Å²) < 4.78 is 44.6. The Bertz CT molecular complexity index is 1250. The third kappa shape index (κ3) is 6.27. The van der Waals surface area contributed by atoms with Crippen molar-refractivity contribution in [2.45, 2.75) is 57.8 Å². The van der Waals surface area contributed by atoms with Crippen LogP contribution in [-0.4, -0.2) is 84.3 Å². The average molecular weight is 575 g/mol. The molecule has 0 spiro atoms. The van der Waals surface area contributed by atoms with Crippen molar-refractivity contribution in [3.8, 4) is 17.1 Å². The zero-order valence-corrected chi connectivity index (χ0v) is 23.4. The number of nitrogens with zero attached hydrogens (tertiary/aromatic N) is 4. The summed E-state index contributed by atoms with van der Waals surface area (Å²) in [7, 11) is 0. The summed E-state index contributed by atoms with van der Waals surface area (Å²) in [5.41, 5.74) is 2.19. The maximum absolute atomic E-state index is 13.6. The number of alkyl halides is 3. The van der Waals surface area contributed by atoms with Gasteiger partial charge in [-0.1, -0.05) is 6.92 Å². The Morgan fingerprint density at radius 2 is 1.98 bits per heavy atom. The van der Waals surface area contributed by atoms with Crippen molar-refractivity contribution in [2.75, 3.05) is 44.2 Å². The van der Waals surface area contributed by atoms with Gasteiger partial charge in [-0.15, -0.1) is 0 Å². The van der Waals surface area contributed by atoms with Gasteiger partial charge >= 0.3 is 6.18 Å². The van der Waals surface area contributed by atoms with E-state index in [9.17, 15) is 22.8 Å². The fourth-order valence-corrected chi connectivity index (χ4v) is 5.94. The maximum Gasteiger partial charge on any atom is 0.391 e. The highest BCUT2D eigenvalue weighted by Gasteiger charge is 2.51. The summed E-state index contributed by atoms with van der Waals surface area (Å²) in [5.74, 6) is -2.01. The summed E-state index contributed by atoms with van der Waals surface area (Å²) in [6, 6.07) is 7.25. The molecule has 9 nitrogen and oxygen atoms in total. The highest BCUT2D eigenvalue weighted by molar-refractivity contribution is 5.99. The van der Waals surface area contributed by atoms with Gasteiger partial charge in [0.2, 0.25) is 11.8 Å². The van der Waals surface area contributed by atoms with Gasteiger partial charge in [-0.2, -0.15) is 13.2 Å². The second-order valence-electron chi connectivity index (χ2n) is 11.0. The molecule has 2 aromatic heterocycles. The molecule has 2 atom stereocenters. The number of piperazine rings is 1. The number of pyridine rings is 2. The molecule has 2 aliphatic heterocycles.